The molecule has 2 fully saturated rings. The molecule has 2 aromatic rings. The van der Waals surface area contributed by atoms with Crippen molar-refractivity contribution in [1.29, 1.82) is 5.26 Å². The predicted octanol–water partition coefficient (Wildman–Crippen LogP) is 2.86. The largest absolute Gasteiger partial charge is 0.363 e. The monoisotopic (exact) mass is 432 g/mol. The van der Waals surface area contributed by atoms with E-state index >= 15 is 0 Å². The summed E-state index contributed by atoms with van der Waals surface area (Å²) >= 11 is 0. The van der Waals surface area contributed by atoms with Gasteiger partial charge in [-0.2, -0.15) is 5.26 Å². The van der Waals surface area contributed by atoms with Crippen LogP contribution in [0.3, 0.4) is 0 Å². The minimum Gasteiger partial charge on any atom is -0.363 e. The molecule has 0 saturated carbocycles. The smallest absolute Gasteiger partial charge is 0.224 e. The highest BCUT2D eigenvalue weighted by molar-refractivity contribution is 5.78. The topological polar surface area (TPSA) is 73.4 Å². The van der Waals surface area contributed by atoms with Gasteiger partial charge in [-0.25, -0.2) is 17.6 Å². The standard InChI is InChI=1S/C22H20F4N4O/c23-17-2-1-3-21(16(17)9-27)29-10-15-7-14(29)11-30(15)22(31)6-13(28)4-12-5-19(25)20(26)8-18(12)24/h1-3,5,8,13-15H,4,6-7,10-11,28H2/t13-,14+,15+/m1/s1. The first-order valence-electron chi connectivity index (χ1n) is 9.92. The first-order chi connectivity index (χ1) is 14.8. The number of amides is 1. The summed E-state index contributed by atoms with van der Waals surface area (Å²) in [6.45, 7) is 0.888. The number of nitrogens with two attached hydrogens (primary N) is 1. The summed E-state index contributed by atoms with van der Waals surface area (Å²) in [6, 6.07) is 6.72. The van der Waals surface area contributed by atoms with Gasteiger partial charge in [0.1, 0.15) is 23.3 Å². The number of piperazine rings is 1. The van der Waals surface area contributed by atoms with E-state index < -0.39 is 29.3 Å². The first kappa shape index (κ1) is 21.1. The Morgan fingerprint density at radius 2 is 1.84 bits per heavy atom. The molecule has 4 rings (SSSR count). The van der Waals surface area contributed by atoms with E-state index in [4.69, 9.17) is 5.73 Å². The lowest BCUT2D eigenvalue weighted by atomic mass is 10.0. The third kappa shape index (κ3) is 3.95. The number of hydrogen-bond acceptors (Lipinski definition) is 4. The Bertz CT molecular complexity index is 1070. The molecule has 0 unspecified atom stereocenters. The van der Waals surface area contributed by atoms with Crippen LogP contribution in [0.25, 0.3) is 0 Å². The van der Waals surface area contributed by atoms with Gasteiger partial charge in [-0.3, -0.25) is 4.79 Å². The maximum absolute atomic E-state index is 14.0. The van der Waals surface area contributed by atoms with E-state index in [0.717, 1.165) is 6.07 Å². The third-order valence-electron chi connectivity index (χ3n) is 5.98. The van der Waals surface area contributed by atoms with Crippen LogP contribution >= 0.6 is 0 Å². The molecule has 0 aliphatic carbocycles. The van der Waals surface area contributed by atoms with E-state index in [2.05, 4.69) is 0 Å². The van der Waals surface area contributed by atoms with Gasteiger partial charge in [-0.1, -0.05) is 6.07 Å². The Balaban J connectivity index is 1.39. The van der Waals surface area contributed by atoms with Gasteiger partial charge in [-0.15, -0.1) is 0 Å². The summed E-state index contributed by atoms with van der Waals surface area (Å²) in [7, 11) is 0. The second-order valence-electron chi connectivity index (χ2n) is 8.01. The van der Waals surface area contributed by atoms with E-state index in [0.29, 0.717) is 31.3 Å². The number of fused-ring (bicyclic) bond motifs is 2. The molecule has 0 aromatic heterocycles. The molecule has 2 aliphatic rings. The Morgan fingerprint density at radius 3 is 2.52 bits per heavy atom. The molecule has 0 radical (unpaired) electrons. The van der Waals surface area contributed by atoms with E-state index in [9.17, 15) is 27.6 Å². The van der Waals surface area contributed by atoms with Crippen LogP contribution in [0.5, 0.6) is 0 Å². The van der Waals surface area contributed by atoms with Crippen LogP contribution < -0.4 is 10.6 Å². The summed E-state index contributed by atoms with van der Waals surface area (Å²) in [6.07, 6.45) is 0.531. The lowest BCUT2D eigenvalue weighted by Gasteiger charge is -2.36. The molecule has 2 bridgehead atoms. The second-order valence-corrected chi connectivity index (χ2v) is 8.01. The molecule has 5 nitrogen and oxygen atoms in total. The Kier molecular flexibility index (Phi) is 5.58. The fraction of sp³-hybridized carbons (Fsp3) is 0.364. The molecule has 9 heteroatoms. The van der Waals surface area contributed by atoms with Crippen LogP contribution in [-0.2, 0) is 11.2 Å². The average Bonchev–Trinajstić information content (AvgIpc) is 3.32. The molecule has 2 N–H and O–H groups in total. The van der Waals surface area contributed by atoms with Gasteiger partial charge in [0.15, 0.2) is 11.6 Å². The van der Waals surface area contributed by atoms with Crippen LogP contribution in [0.2, 0.25) is 0 Å². The fourth-order valence-electron chi connectivity index (χ4n) is 4.55. The summed E-state index contributed by atoms with van der Waals surface area (Å²) in [4.78, 5) is 16.4. The maximum atomic E-state index is 14.0. The molecule has 2 saturated heterocycles. The summed E-state index contributed by atoms with van der Waals surface area (Å²) < 4.78 is 54.2. The fourth-order valence-corrected chi connectivity index (χ4v) is 4.55. The normalized spacial score (nSPS) is 20.8. The van der Waals surface area contributed by atoms with Crippen LogP contribution in [0.4, 0.5) is 23.2 Å². The van der Waals surface area contributed by atoms with Crippen molar-refractivity contribution >= 4 is 11.6 Å². The number of hydrogen-bond donors (Lipinski definition) is 1. The van der Waals surface area contributed by atoms with E-state index in [-0.39, 0.29) is 42.0 Å². The average molecular weight is 432 g/mol. The number of rotatable bonds is 5. The molecule has 2 aromatic carbocycles. The molecule has 3 atom stereocenters. The lowest BCUT2D eigenvalue weighted by Crippen LogP contribution is -2.50. The number of nitriles is 1. The number of nitrogens with zero attached hydrogens (tertiary/aromatic N) is 3. The Hall–Kier alpha value is -3.12. The van der Waals surface area contributed by atoms with Gasteiger partial charge in [-0.05, 0) is 36.6 Å². The molecule has 2 heterocycles. The summed E-state index contributed by atoms with van der Waals surface area (Å²) in [5, 5.41) is 9.28. The zero-order valence-corrected chi connectivity index (χ0v) is 16.5. The van der Waals surface area contributed by atoms with Crippen molar-refractivity contribution in [2.45, 2.75) is 37.4 Å². The number of carbonyl (C=O) groups is 1. The van der Waals surface area contributed by atoms with Crippen molar-refractivity contribution in [3.63, 3.8) is 0 Å². The van der Waals surface area contributed by atoms with Crippen molar-refractivity contribution in [3.05, 3.63) is 64.7 Å². The van der Waals surface area contributed by atoms with Gasteiger partial charge >= 0.3 is 0 Å². The highest BCUT2D eigenvalue weighted by atomic mass is 19.2. The first-order valence-corrected chi connectivity index (χ1v) is 9.92. The summed E-state index contributed by atoms with van der Waals surface area (Å²) in [5.74, 6) is -4.13. The van der Waals surface area contributed by atoms with Crippen molar-refractivity contribution in [3.8, 4) is 6.07 Å². The quantitative estimate of drug-likeness (QED) is 0.583. The Labute approximate surface area is 176 Å². The summed E-state index contributed by atoms with van der Waals surface area (Å²) in [5.41, 5.74) is 6.41. The van der Waals surface area contributed by atoms with E-state index in [1.54, 1.807) is 17.0 Å². The van der Waals surface area contributed by atoms with Crippen LogP contribution in [-0.4, -0.2) is 42.0 Å². The number of carbonyl (C=O) groups excluding carboxylic acids is 1. The van der Waals surface area contributed by atoms with Crippen LogP contribution in [0.15, 0.2) is 30.3 Å². The van der Waals surface area contributed by atoms with Crippen LogP contribution in [0, 0.1) is 34.6 Å². The van der Waals surface area contributed by atoms with E-state index in [1.165, 1.54) is 6.07 Å². The molecule has 162 valence electrons. The SMILES string of the molecule is N#Cc1c(F)cccc1N1C[C@@H]2C[C@H]1CN2C(=O)C[C@H](N)Cc1cc(F)c(F)cc1F. The lowest BCUT2D eigenvalue weighted by molar-refractivity contribution is -0.132. The number of anilines is 1. The molecular formula is C22H20F4N4O. The van der Waals surface area contributed by atoms with Gasteiger partial charge in [0.2, 0.25) is 5.91 Å². The maximum Gasteiger partial charge on any atom is 0.224 e. The Morgan fingerprint density at radius 1 is 1.10 bits per heavy atom. The second kappa shape index (κ2) is 8.19. The minimum atomic E-state index is -1.28. The number of halogens is 4. The highest BCUT2D eigenvalue weighted by Crippen LogP contribution is 2.37. The van der Waals surface area contributed by atoms with Crippen molar-refractivity contribution < 1.29 is 22.4 Å². The molecular weight excluding hydrogens is 412 g/mol. The predicted molar refractivity (Wildman–Crippen MR) is 105 cm³/mol. The zero-order valence-electron chi connectivity index (χ0n) is 16.5. The third-order valence-corrected chi connectivity index (χ3v) is 5.98. The van der Waals surface area contributed by atoms with Gasteiger partial charge in [0.25, 0.3) is 0 Å². The zero-order chi connectivity index (χ0) is 22.3. The van der Waals surface area contributed by atoms with Gasteiger partial charge < -0.3 is 15.5 Å². The van der Waals surface area contributed by atoms with Crippen molar-refractivity contribution in [1.82, 2.24) is 4.90 Å². The molecule has 1 amide bonds. The van der Waals surface area contributed by atoms with Crippen LogP contribution in [0.1, 0.15) is 24.0 Å². The molecule has 31 heavy (non-hydrogen) atoms. The van der Waals surface area contributed by atoms with Crippen molar-refractivity contribution in [2.75, 3.05) is 18.0 Å². The molecule has 0 spiro atoms. The number of benzene rings is 2. The minimum absolute atomic E-state index is 0.0106. The highest BCUT2D eigenvalue weighted by Gasteiger charge is 2.46. The van der Waals surface area contributed by atoms with Gasteiger partial charge in [0, 0.05) is 37.7 Å². The van der Waals surface area contributed by atoms with Crippen molar-refractivity contribution in [2.24, 2.45) is 5.73 Å². The number of likely N-dealkylation sites (tertiary alicyclic amines) is 1. The van der Waals surface area contributed by atoms with Gasteiger partial charge in [0.05, 0.1) is 11.7 Å². The molecule has 2 aliphatic heterocycles. The van der Waals surface area contributed by atoms with E-state index in [1.807, 2.05) is 11.0 Å².